The molecule has 3 saturated carbocycles. The molecule has 4 aliphatic carbocycles. The first kappa shape index (κ1) is 18.9. The standard InChI is InChI=1S/C22H30O5/c1-20-8-5-14(23)12-16(20)13(3-4-19(25)26)11-17-15(20)6-9-21(2)18(24)7-10-22(17,21)27/h12-13,15,17,27H,3-11H2,1-2H3,(H,25,26)/t13?,15-,17-,20-,21-,22-/m1/s1. The summed E-state index contributed by atoms with van der Waals surface area (Å²) < 4.78 is 0. The zero-order valence-corrected chi connectivity index (χ0v) is 16.3. The monoisotopic (exact) mass is 374 g/mol. The van der Waals surface area contributed by atoms with E-state index in [1.165, 1.54) is 0 Å². The smallest absolute Gasteiger partial charge is 0.303 e. The molecule has 148 valence electrons. The first-order valence-electron chi connectivity index (χ1n) is 10.3. The van der Waals surface area contributed by atoms with Crippen LogP contribution in [0.15, 0.2) is 11.6 Å². The van der Waals surface area contributed by atoms with Gasteiger partial charge in [0.25, 0.3) is 0 Å². The van der Waals surface area contributed by atoms with Crippen LogP contribution in [0, 0.1) is 28.6 Å². The maximum Gasteiger partial charge on any atom is 0.303 e. The maximum atomic E-state index is 12.6. The minimum atomic E-state index is -0.996. The van der Waals surface area contributed by atoms with Crippen molar-refractivity contribution < 1.29 is 24.6 Å². The number of carbonyl (C=O) groups excluding carboxylic acids is 2. The third kappa shape index (κ3) is 2.50. The molecule has 0 aromatic carbocycles. The fourth-order valence-electron chi connectivity index (χ4n) is 7.07. The predicted molar refractivity (Wildman–Crippen MR) is 98.9 cm³/mol. The molecule has 1 unspecified atom stereocenters. The predicted octanol–water partition coefficient (Wildman–Crippen LogP) is 3.29. The molecule has 0 heterocycles. The Morgan fingerprint density at radius 3 is 2.59 bits per heavy atom. The van der Waals surface area contributed by atoms with Crippen LogP contribution in [-0.4, -0.2) is 33.3 Å². The lowest BCUT2D eigenvalue weighted by Gasteiger charge is -2.61. The molecule has 0 spiro atoms. The summed E-state index contributed by atoms with van der Waals surface area (Å²) in [5.74, 6) is -0.269. The van der Waals surface area contributed by atoms with E-state index in [1.54, 1.807) is 6.08 Å². The van der Waals surface area contributed by atoms with Crippen molar-refractivity contribution in [2.45, 2.75) is 77.2 Å². The Hall–Kier alpha value is -1.49. The van der Waals surface area contributed by atoms with Crippen LogP contribution >= 0.6 is 0 Å². The Bertz CT molecular complexity index is 739. The van der Waals surface area contributed by atoms with Crippen LogP contribution in [0.2, 0.25) is 0 Å². The third-order valence-electron chi connectivity index (χ3n) is 8.73. The second-order valence-electron chi connectivity index (χ2n) is 9.78. The largest absolute Gasteiger partial charge is 0.481 e. The second kappa shape index (κ2) is 6.00. The van der Waals surface area contributed by atoms with Crippen molar-refractivity contribution in [2.24, 2.45) is 28.6 Å². The van der Waals surface area contributed by atoms with E-state index >= 15 is 0 Å². The summed E-state index contributed by atoms with van der Waals surface area (Å²) in [5, 5.41) is 20.9. The van der Waals surface area contributed by atoms with Crippen LogP contribution in [0.5, 0.6) is 0 Å². The molecule has 4 aliphatic rings. The van der Waals surface area contributed by atoms with Gasteiger partial charge in [-0.1, -0.05) is 12.5 Å². The van der Waals surface area contributed by atoms with Gasteiger partial charge in [0.1, 0.15) is 5.78 Å². The van der Waals surface area contributed by atoms with Crippen molar-refractivity contribution >= 4 is 17.5 Å². The highest BCUT2D eigenvalue weighted by atomic mass is 16.4. The van der Waals surface area contributed by atoms with E-state index in [2.05, 4.69) is 6.92 Å². The molecular formula is C22H30O5. The van der Waals surface area contributed by atoms with Gasteiger partial charge in [-0.3, -0.25) is 14.4 Å². The molecule has 5 heteroatoms. The molecule has 0 saturated heterocycles. The summed E-state index contributed by atoms with van der Waals surface area (Å²) in [4.78, 5) is 36.0. The molecule has 0 bridgehead atoms. The van der Waals surface area contributed by atoms with Crippen molar-refractivity contribution in [3.05, 3.63) is 11.6 Å². The summed E-state index contributed by atoms with van der Waals surface area (Å²) in [6.07, 6.45) is 6.87. The van der Waals surface area contributed by atoms with Gasteiger partial charge in [0, 0.05) is 19.3 Å². The van der Waals surface area contributed by atoms with E-state index in [-0.39, 0.29) is 41.2 Å². The van der Waals surface area contributed by atoms with Gasteiger partial charge in [-0.05, 0) is 74.7 Å². The number of carbonyl (C=O) groups is 3. The van der Waals surface area contributed by atoms with E-state index in [9.17, 15) is 24.6 Å². The van der Waals surface area contributed by atoms with E-state index < -0.39 is 17.0 Å². The number of allylic oxidation sites excluding steroid dienone is 1. The zero-order valence-electron chi connectivity index (χ0n) is 16.3. The van der Waals surface area contributed by atoms with Gasteiger partial charge in [-0.2, -0.15) is 0 Å². The minimum Gasteiger partial charge on any atom is -0.481 e. The van der Waals surface area contributed by atoms with E-state index in [0.717, 1.165) is 18.4 Å². The van der Waals surface area contributed by atoms with Gasteiger partial charge in [-0.15, -0.1) is 0 Å². The van der Waals surface area contributed by atoms with Crippen LogP contribution in [0.25, 0.3) is 0 Å². The topological polar surface area (TPSA) is 91.7 Å². The number of Topliss-reactive ketones (excluding diaryl/α,β-unsaturated/α-hetero) is 1. The van der Waals surface area contributed by atoms with Crippen LogP contribution in [-0.2, 0) is 14.4 Å². The summed E-state index contributed by atoms with van der Waals surface area (Å²) in [6, 6.07) is 0. The molecule has 27 heavy (non-hydrogen) atoms. The number of hydrogen-bond donors (Lipinski definition) is 2. The Kier molecular flexibility index (Phi) is 4.19. The fraction of sp³-hybridized carbons (Fsp3) is 0.773. The van der Waals surface area contributed by atoms with Crippen molar-refractivity contribution in [3.8, 4) is 0 Å². The van der Waals surface area contributed by atoms with E-state index in [0.29, 0.717) is 38.5 Å². The van der Waals surface area contributed by atoms with Gasteiger partial charge in [0.2, 0.25) is 0 Å². The van der Waals surface area contributed by atoms with Crippen molar-refractivity contribution in [2.75, 3.05) is 0 Å². The maximum absolute atomic E-state index is 12.6. The SMILES string of the molecule is C[C@]12CCC(=O)C=C1C(CCC(=O)O)C[C@@H]1[C@H]2CC[C@]2(C)C(=O)CC[C@@]12O. The molecule has 4 rings (SSSR count). The highest BCUT2D eigenvalue weighted by Gasteiger charge is 2.67. The highest BCUT2D eigenvalue weighted by molar-refractivity contribution is 5.92. The number of aliphatic hydroxyl groups is 1. The molecular weight excluding hydrogens is 344 g/mol. The van der Waals surface area contributed by atoms with Gasteiger partial charge in [-0.25, -0.2) is 0 Å². The van der Waals surface area contributed by atoms with Crippen molar-refractivity contribution in [1.82, 2.24) is 0 Å². The quantitative estimate of drug-likeness (QED) is 0.791. The van der Waals surface area contributed by atoms with Gasteiger partial charge >= 0.3 is 5.97 Å². The number of fused-ring (bicyclic) bond motifs is 5. The van der Waals surface area contributed by atoms with Crippen LogP contribution < -0.4 is 0 Å². The Labute approximate surface area is 160 Å². The van der Waals surface area contributed by atoms with Gasteiger partial charge in [0.15, 0.2) is 5.78 Å². The number of carboxylic acid groups (broad SMARTS) is 1. The average molecular weight is 374 g/mol. The molecule has 2 N–H and O–H groups in total. The molecule has 6 atom stereocenters. The van der Waals surface area contributed by atoms with Crippen molar-refractivity contribution in [3.63, 3.8) is 0 Å². The molecule has 5 nitrogen and oxygen atoms in total. The number of rotatable bonds is 3. The highest BCUT2D eigenvalue weighted by Crippen LogP contribution is 2.67. The molecule has 0 aliphatic heterocycles. The summed E-state index contributed by atoms with van der Waals surface area (Å²) in [7, 11) is 0. The lowest BCUT2D eigenvalue weighted by atomic mass is 9.44. The lowest BCUT2D eigenvalue weighted by Crippen LogP contribution is -2.62. The Morgan fingerprint density at radius 2 is 1.89 bits per heavy atom. The van der Waals surface area contributed by atoms with Crippen molar-refractivity contribution in [1.29, 1.82) is 0 Å². The molecule has 0 radical (unpaired) electrons. The third-order valence-corrected chi connectivity index (χ3v) is 8.73. The van der Waals surface area contributed by atoms with E-state index in [4.69, 9.17) is 0 Å². The zero-order chi connectivity index (χ0) is 19.6. The lowest BCUT2D eigenvalue weighted by molar-refractivity contribution is -0.183. The first-order chi connectivity index (χ1) is 12.6. The number of aliphatic carboxylic acids is 1. The fourth-order valence-corrected chi connectivity index (χ4v) is 7.07. The van der Waals surface area contributed by atoms with Gasteiger partial charge in [0.05, 0.1) is 11.0 Å². The minimum absolute atomic E-state index is 0.00122. The average Bonchev–Trinajstić information content (AvgIpc) is 2.85. The normalized spacial score (nSPS) is 46.3. The molecule has 0 amide bonds. The number of ketones is 2. The van der Waals surface area contributed by atoms with Gasteiger partial charge < -0.3 is 10.2 Å². The summed E-state index contributed by atoms with van der Waals surface area (Å²) >= 11 is 0. The molecule has 0 aromatic heterocycles. The number of carboxylic acids is 1. The Balaban J connectivity index is 1.76. The van der Waals surface area contributed by atoms with Crippen LogP contribution in [0.3, 0.4) is 0 Å². The first-order valence-corrected chi connectivity index (χ1v) is 10.3. The molecule has 0 aromatic rings. The Morgan fingerprint density at radius 1 is 1.15 bits per heavy atom. The van der Waals surface area contributed by atoms with Crippen LogP contribution in [0.4, 0.5) is 0 Å². The number of hydrogen-bond acceptors (Lipinski definition) is 4. The van der Waals surface area contributed by atoms with E-state index in [1.807, 2.05) is 6.92 Å². The summed E-state index contributed by atoms with van der Waals surface area (Å²) in [5.41, 5.74) is -0.737. The summed E-state index contributed by atoms with van der Waals surface area (Å²) in [6.45, 7) is 4.14. The van der Waals surface area contributed by atoms with Crippen LogP contribution in [0.1, 0.15) is 71.6 Å². The molecule has 3 fully saturated rings. The second-order valence-corrected chi connectivity index (χ2v) is 9.78.